The number of amides is 4. The number of carbonyl (C=O) groups excluding carboxylic acids is 4. The summed E-state index contributed by atoms with van der Waals surface area (Å²) in [5, 5.41) is 383. The Bertz CT molecular complexity index is 3970. The lowest BCUT2D eigenvalue weighted by Crippen LogP contribution is -2.72. The van der Waals surface area contributed by atoms with Crippen molar-refractivity contribution in [3.8, 4) is 0 Å². The first-order valence-corrected chi connectivity index (χ1v) is 46.0. The Morgan fingerprint density at radius 3 is 0.819 bits per heavy atom. The standard InChI is InChI=1S/C80H134N4O60/c1-17-37(98)47(108)53(114)75(124-17)141-65-36(84-21(5)97)72(132-30(14-93)64(65)140-77-55(116)50(111)40(101)24(8-87)128-77)144-68-57(118)63(137-71-35(83-20(4)96)45(106)61(27(11-90)131-71)138-76-54(115)49(110)39(100)23(7-86)127-76)29(13-92)133-80(68)143-67-43(104)32(135-79(59(67)120)139-62-28(12-91)130-70(34(46(62)107)82-19(3)95)136-60-26(10-89)125-69(121)33(44(60)105)81-18(2)94)16-123-74-58(119)66(142-78-56(117)51(112)41(102)25(9-88)129-78)42(103)31(134-74)15-122-73-52(113)48(109)38(99)22(6-85)126-73/h17,22-80,85-93,98-121H,6-16H2,1-5H3,(H,81,94)(H,82,95)(H,83,96)(H,84,97)/t17-,22+,23+,24+,25+,26+,27+,28+,29+,30+,31+,32+,33+,34+,35+,36+,37+,38+,39-,40-,41+,42+,43+,44+,45+,46+,47+,48-,49-,50-,51-,52-,53-,54+,55+,56-,57-,58-,59-,60+,61+,62+,63+,64+,65+,66-,67-,68-,69-,70-,71-,72-,73-,74-,75-,76-,77-,78+,79-,80+/m0/s1. The molecule has 4 amide bonds. The summed E-state index contributed by atoms with van der Waals surface area (Å²) < 4.78 is 139. The van der Waals surface area contributed by atoms with Gasteiger partial charge in [-0.15, -0.1) is 0 Å². The summed E-state index contributed by atoms with van der Waals surface area (Å²) in [5.74, 6) is -4.07. The summed E-state index contributed by atoms with van der Waals surface area (Å²) >= 11 is 0. The number of hydrogen-bond acceptors (Lipinski definition) is 60. The van der Waals surface area contributed by atoms with Gasteiger partial charge in [0.05, 0.1) is 78.8 Å². The van der Waals surface area contributed by atoms with E-state index in [0.29, 0.717) is 0 Å². The van der Waals surface area contributed by atoms with Crippen LogP contribution in [0.5, 0.6) is 0 Å². The minimum atomic E-state index is -2.82. The van der Waals surface area contributed by atoms with Crippen LogP contribution in [-0.4, -0.2) is 633 Å². The van der Waals surface area contributed by atoms with Gasteiger partial charge in [-0.25, -0.2) is 0 Å². The maximum Gasteiger partial charge on any atom is 0.217 e. The van der Waals surface area contributed by atoms with Gasteiger partial charge in [-0.05, 0) is 6.92 Å². The average molecular weight is 2110 g/mol. The molecule has 0 aliphatic carbocycles. The van der Waals surface area contributed by atoms with Crippen molar-refractivity contribution >= 4 is 23.6 Å². The van der Waals surface area contributed by atoms with E-state index in [1.807, 2.05) is 0 Å². The van der Waals surface area contributed by atoms with Crippen molar-refractivity contribution in [1.82, 2.24) is 21.3 Å². The lowest BCUT2D eigenvalue weighted by Gasteiger charge is -2.53. The van der Waals surface area contributed by atoms with E-state index < -0.39 is 465 Å². The van der Waals surface area contributed by atoms with Crippen molar-refractivity contribution in [3.63, 3.8) is 0 Å². The van der Waals surface area contributed by atoms with Crippen LogP contribution in [0.2, 0.25) is 0 Å². The highest BCUT2D eigenvalue weighted by Crippen LogP contribution is 2.43. The zero-order valence-corrected chi connectivity index (χ0v) is 77.2. The molecule has 0 spiro atoms. The lowest BCUT2D eigenvalue weighted by atomic mass is 9.93. The van der Waals surface area contributed by atoms with Crippen LogP contribution in [0.3, 0.4) is 0 Å². The van der Waals surface area contributed by atoms with Crippen LogP contribution in [0.4, 0.5) is 0 Å². The molecule has 12 aliphatic rings. The largest absolute Gasteiger partial charge is 0.394 e. The highest BCUT2D eigenvalue weighted by Gasteiger charge is 2.64. The summed E-state index contributed by atoms with van der Waals surface area (Å²) in [4.78, 5) is 53.0. The van der Waals surface area contributed by atoms with Gasteiger partial charge >= 0.3 is 0 Å². The van der Waals surface area contributed by atoms with Gasteiger partial charge in [0, 0.05) is 27.7 Å². The van der Waals surface area contributed by atoms with E-state index in [0.717, 1.165) is 27.7 Å². The molecule has 12 rings (SSSR count). The lowest BCUT2D eigenvalue weighted by molar-refractivity contribution is -0.410. The Morgan fingerprint density at radius 1 is 0.194 bits per heavy atom. The summed E-state index contributed by atoms with van der Waals surface area (Å²) in [7, 11) is 0. The predicted molar refractivity (Wildman–Crippen MR) is 440 cm³/mol. The third-order valence-corrected chi connectivity index (χ3v) is 26.6. The Kier molecular flexibility index (Phi) is 42.4. The molecule has 0 bridgehead atoms. The summed E-state index contributed by atoms with van der Waals surface area (Å²) in [6.45, 7) is -8.44. The molecule has 12 fully saturated rings. The second-order valence-corrected chi connectivity index (χ2v) is 36.6. The zero-order valence-electron chi connectivity index (χ0n) is 77.2. The Hall–Kier alpha value is -4.36. The number of carbonyl (C=O) groups is 4. The molecule has 144 heavy (non-hydrogen) atoms. The van der Waals surface area contributed by atoms with Crippen molar-refractivity contribution in [2.75, 3.05) is 72.7 Å². The third-order valence-electron chi connectivity index (χ3n) is 26.6. The monoisotopic (exact) mass is 2110 g/mol. The van der Waals surface area contributed by atoms with Gasteiger partial charge in [-0.1, -0.05) is 0 Å². The molecule has 12 aliphatic heterocycles. The van der Waals surface area contributed by atoms with E-state index in [4.69, 9.17) is 109 Å². The van der Waals surface area contributed by atoms with Crippen LogP contribution in [0, 0.1) is 0 Å². The van der Waals surface area contributed by atoms with Gasteiger partial charge in [-0.3, -0.25) is 19.2 Å². The van der Waals surface area contributed by atoms with Gasteiger partial charge in [0.1, 0.15) is 287 Å². The molecule has 0 radical (unpaired) electrons. The fraction of sp³-hybridized carbons (Fsp3) is 0.950. The van der Waals surface area contributed by atoms with E-state index in [9.17, 15) is 188 Å². The molecule has 0 aromatic carbocycles. The fourth-order valence-corrected chi connectivity index (χ4v) is 18.8. The minimum Gasteiger partial charge on any atom is -0.394 e. The third kappa shape index (κ3) is 25.8. The molecular formula is C80H134N4O60. The number of aliphatic hydroxyl groups is 33. The minimum absolute atomic E-state index is 0.835. The molecule has 0 aromatic heterocycles. The van der Waals surface area contributed by atoms with Crippen LogP contribution >= 0.6 is 0 Å². The van der Waals surface area contributed by atoms with E-state index in [1.54, 1.807) is 0 Å². The molecule has 834 valence electrons. The topological polar surface area (TPSA) is 996 Å². The SMILES string of the molecule is CC(=O)N[C@@H]1[C@@H](O)[C@H](O[C@@H]2O[C@H](CO)[C@@H](O[C@@H]3O[C@H](CO[C@H]4O[C@H](CO[C@H]5O[C@H](CO)[C@@H](O)[C@H](O)[C@@H]5O)[C@@H](O)[C@H](O[C@H]5O[C@H](CO)[C@@H](O)[C@H](O)[C@@H]5O)[C@@H]4O)[C@@H](O)[C@H](O[C@H]4O[C@H](CO)[C@@H](O[C@@H]5O[C@H](CO)[C@@H](O[C@@H]6O[C@H](CO)[C@H](O)[C@H](O)[C@H]6O)[C@H](O)[C@H]5NC(C)=O)[C@H](O)[C@@H]4O[C@@H]4O[C@H](CO)[C@@H](O[C@@H]5O[C@H](CO)[C@H](O)[C@H](O)[C@H]5O)[C@H](O[C@@H]5O[C@@H](C)[C@@H](O)[C@@H](O)[C@@H]5O)[C@H]4NC(C)=O)[C@@H]3O)[C@H](O)[C@H]2NC(C)=O)[C@@H](CO)O[C@@H]1O. The number of nitrogens with one attached hydrogen (secondary N) is 4. The summed E-state index contributed by atoms with van der Waals surface area (Å²) in [6, 6.07) is -8.17. The second-order valence-electron chi connectivity index (χ2n) is 36.6. The molecule has 0 unspecified atom stereocenters. The van der Waals surface area contributed by atoms with Gasteiger partial charge in [0.15, 0.2) is 75.5 Å². The number of hydrogen-bond donors (Lipinski definition) is 37. The van der Waals surface area contributed by atoms with Gasteiger partial charge in [-0.2, -0.15) is 0 Å². The Labute approximate surface area is 814 Å². The van der Waals surface area contributed by atoms with Crippen LogP contribution in [0.25, 0.3) is 0 Å². The number of ether oxygens (including phenoxy) is 23. The molecular weight excluding hydrogens is 1980 g/mol. The molecule has 0 saturated carbocycles. The number of aliphatic hydroxyl groups excluding tert-OH is 33. The molecule has 12 saturated heterocycles. The van der Waals surface area contributed by atoms with Crippen molar-refractivity contribution < 1.29 is 297 Å². The second kappa shape index (κ2) is 51.6. The molecule has 12 heterocycles. The highest BCUT2D eigenvalue weighted by molar-refractivity contribution is 5.74. The van der Waals surface area contributed by atoms with Crippen molar-refractivity contribution in [1.29, 1.82) is 0 Å². The van der Waals surface area contributed by atoms with E-state index in [2.05, 4.69) is 21.3 Å². The van der Waals surface area contributed by atoms with Crippen molar-refractivity contribution in [3.05, 3.63) is 0 Å². The average Bonchev–Trinajstić information content (AvgIpc) is 0.756. The smallest absolute Gasteiger partial charge is 0.217 e. The summed E-state index contributed by atoms with van der Waals surface area (Å²) in [5.41, 5.74) is 0. The molecule has 64 nitrogen and oxygen atoms in total. The summed E-state index contributed by atoms with van der Waals surface area (Å²) in [6.07, 6.45) is -124. The molecule has 0 aromatic rings. The Morgan fingerprint density at radius 2 is 0.431 bits per heavy atom. The molecule has 64 heteroatoms. The fourth-order valence-electron chi connectivity index (χ4n) is 18.8. The van der Waals surface area contributed by atoms with E-state index >= 15 is 0 Å². The maximum absolute atomic E-state index is 14.0. The first kappa shape index (κ1) is 118. The van der Waals surface area contributed by atoms with Crippen LogP contribution in [0.15, 0.2) is 0 Å². The zero-order chi connectivity index (χ0) is 106. The van der Waals surface area contributed by atoms with E-state index in [-0.39, 0.29) is 0 Å². The Balaban J connectivity index is 0.965. The van der Waals surface area contributed by atoms with Crippen molar-refractivity contribution in [2.24, 2.45) is 0 Å². The maximum atomic E-state index is 14.0. The molecule has 60 atom stereocenters. The quantitative estimate of drug-likeness (QED) is 0.0275. The van der Waals surface area contributed by atoms with Gasteiger partial charge in [0.25, 0.3) is 0 Å². The highest BCUT2D eigenvalue weighted by atomic mass is 16.8. The first-order chi connectivity index (χ1) is 68.1. The normalized spacial score (nSPS) is 50.4. The van der Waals surface area contributed by atoms with Crippen LogP contribution < -0.4 is 21.3 Å². The van der Waals surface area contributed by atoms with Gasteiger partial charge in [0.2, 0.25) is 23.6 Å². The predicted octanol–water partition coefficient (Wildman–Crippen LogP) is -25.6. The van der Waals surface area contributed by atoms with Crippen LogP contribution in [-0.2, 0) is 128 Å². The molecule has 37 N–H and O–H groups in total. The van der Waals surface area contributed by atoms with Crippen molar-refractivity contribution in [2.45, 2.75) is 403 Å². The number of rotatable bonds is 37. The van der Waals surface area contributed by atoms with Crippen LogP contribution in [0.1, 0.15) is 34.6 Å². The first-order valence-electron chi connectivity index (χ1n) is 46.0. The van der Waals surface area contributed by atoms with E-state index in [1.165, 1.54) is 6.92 Å². The van der Waals surface area contributed by atoms with Gasteiger partial charge < -0.3 is 299 Å².